The maximum Gasteiger partial charge on any atom is 0.262 e. The summed E-state index contributed by atoms with van der Waals surface area (Å²) in [6, 6.07) is 5.65. The lowest BCUT2D eigenvalue weighted by atomic mass is 10.2. The predicted octanol–water partition coefficient (Wildman–Crippen LogP) is 3.11. The van der Waals surface area contributed by atoms with Gasteiger partial charge in [0.2, 0.25) is 0 Å². The van der Waals surface area contributed by atoms with Crippen LogP contribution in [0.2, 0.25) is 0 Å². The number of thiophene rings is 1. The molecular weight excluding hydrogens is 311 g/mol. The molecule has 0 saturated heterocycles. The maximum absolute atomic E-state index is 13.2. The summed E-state index contributed by atoms with van der Waals surface area (Å²) in [7, 11) is -3.69. The summed E-state index contributed by atoms with van der Waals surface area (Å²) < 4.78 is 40.3. The summed E-state index contributed by atoms with van der Waals surface area (Å²) in [6.45, 7) is 5.16. The average Bonchev–Trinajstić information content (AvgIpc) is 2.90. The van der Waals surface area contributed by atoms with Crippen molar-refractivity contribution in [2.45, 2.75) is 25.3 Å². The van der Waals surface area contributed by atoms with Crippen LogP contribution >= 0.6 is 11.3 Å². The molecule has 0 spiro atoms. The minimum absolute atomic E-state index is 0.198. The molecule has 0 fully saturated rings. The van der Waals surface area contributed by atoms with Gasteiger partial charge in [0.15, 0.2) is 0 Å². The summed E-state index contributed by atoms with van der Waals surface area (Å²) in [6.07, 6.45) is 0. The molecule has 0 saturated carbocycles. The van der Waals surface area contributed by atoms with Crippen molar-refractivity contribution in [3.63, 3.8) is 0 Å². The number of hydrogen-bond acceptors (Lipinski definition) is 4. The third-order valence-corrected chi connectivity index (χ3v) is 5.36. The summed E-state index contributed by atoms with van der Waals surface area (Å²) in [5.41, 5.74) is 0.928. The summed E-state index contributed by atoms with van der Waals surface area (Å²) in [5, 5.41) is 4.73. The molecule has 21 heavy (non-hydrogen) atoms. The Balaban J connectivity index is 2.22. The standard InChI is InChI=1S/C14H17FN2O2S2/c1-3-16-8-12-7-13(9-20-12)21(18,19)17-14-6-11(15)5-4-10(14)2/h4-7,9,16-17H,3,8H2,1-2H3. The first-order valence-electron chi connectivity index (χ1n) is 6.49. The topological polar surface area (TPSA) is 58.2 Å². The lowest BCUT2D eigenvalue weighted by molar-refractivity contribution is 0.601. The number of anilines is 1. The van der Waals surface area contributed by atoms with Gasteiger partial charge < -0.3 is 5.32 Å². The molecule has 2 N–H and O–H groups in total. The molecule has 4 nitrogen and oxygen atoms in total. The molecule has 0 aliphatic rings. The highest BCUT2D eigenvalue weighted by Gasteiger charge is 2.17. The number of benzene rings is 1. The monoisotopic (exact) mass is 328 g/mol. The Hall–Kier alpha value is -1.44. The number of sulfonamides is 1. The van der Waals surface area contributed by atoms with E-state index in [2.05, 4.69) is 10.0 Å². The maximum atomic E-state index is 13.2. The smallest absolute Gasteiger partial charge is 0.262 e. The molecule has 0 unspecified atom stereocenters. The molecule has 0 atom stereocenters. The molecule has 2 aromatic rings. The van der Waals surface area contributed by atoms with Gasteiger partial charge in [0.25, 0.3) is 10.0 Å². The zero-order valence-corrected chi connectivity index (χ0v) is 13.4. The van der Waals surface area contributed by atoms with E-state index < -0.39 is 15.8 Å². The van der Waals surface area contributed by atoms with Gasteiger partial charge >= 0.3 is 0 Å². The fraction of sp³-hybridized carbons (Fsp3) is 0.286. The van der Waals surface area contributed by atoms with Crippen molar-refractivity contribution in [1.29, 1.82) is 0 Å². The number of rotatable bonds is 6. The molecule has 0 bridgehead atoms. The van der Waals surface area contributed by atoms with Crippen LogP contribution in [0.4, 0.5) is 10.1 Å². The van der Waals surface area contributed by atoms with Gasteiger partial charge in [-0.3, -0.25) is 4.72 Å². The predicted molar refractivity (Wildman–Crippen MR) is 83.6 cm³/mol. The molecule has 114 valence electrons. The van der Waals surface area contributed by atoms with E-state index in [-0.39, 0.29) is 10.6 Å². The van der Waals surface area contributed by atoms with Crippen molar-refractivity contribution in [1.82, 2.24) is 5.32 Å². The first-order chi connectivity index (χ1) is 9.92. The molecule has 0 radical (unpaired) electrons. The Kier molecular flexibility index (Phi) is 4.97. The van der Waals surface area contributed by atoms with Gasteiger partial charge in [-0.15, -0.1) is 11.3 Å². The fourth-order valence-corrected chi connectivity index (χ4v) is 4.12. The van der Waals surface area contributed by atoms with E-state index in [1.165, 1.54) is 29.5 Å². The van der Waals surface area contributed by atoms with Crippen LogP contribution in [0.1, 0.15) is 17.4 Å². The Morgan fingerprint density at radius 3 is 2.76 bits per heavy atom. The molecule has 7 heteroatoms. The first kappa shape index (κ1) is 15.9. The lowest BCUT2D eigenvalue weighted by Gasteiger charge is -2.09. The van der Waals surface area contributed by atoms with Crippen LogP contribution in [-0.4, -0.2) is 15.0 Å². The number of nitrogens with one attached hydrogen (secondary N) is 2. The zero-order valence-electron chi connectivity index (χ0n) is 11.8. The van der Waals surface area contributed by atoms with Gasteiger partial charge in [-0.1, -0.05) is 13.0 Å². The molecule has 1 heterocycles. The molecule has 1 aromatic heterocycles. The van der Waals surface area contributed by atoms with E-state index in [9.17, 15) is 12.8 Å². The molecule has 0 aliphatic heterocycles. The normalized spacial score (nSPS) is 11.6. The fourth-order valence-electron chi connectivity index (χ4n) is 1.75. The van der Waals surface area contributed by atoms with Crippen LogP contribution in [0.15, 0.2) is 34.5 Å². The second-order valence-electron chi connectivity index (χ2n) is 4.59. The van der Waals surface area contributed by atoms with Crippen LogP contribution in [0.25, 0.3) is 0 Å². The Morgan fingerprint density at radius 1 is 1.29 bits per heavy atom. The Morgan fingerprint density at radius 2 is 2.05 bits per heavy atom. The van der Waals surface area contributed by atoms with Gasteiger partial charge in [-0.2, -0.15) is 0 Å². The highest BCUT2D eigenvalue weighted by atomic mass is 32.2. The van der Waals surface area contributed by atoms with Crippen molar-refractivity contribution in [3.8, 4) is 0 Å². The summed E-state index contributed by atoms with van der Waals surface area (Å²) >= 11 is 1.38. The molecule has 1 aromatic carbocycles. The average molecular weight is 328 g/mol. The molecular formula is C14H17FN2O2S2. The number of hydrogen-bond donors (Lipinski definition) is 2. The van der Waals surface area contributed by atoms with Crippen molar-refractivity contribution in [2.75, 3.05) is 11.3 Å². The lowest BCUT2D eigenvalue weighted by Crippen LogP contribution is -2.13. The number of aryl methyl sites for hydroxylation is 1. The third kappa shape index (κ3) is 4.03. The van der Waals surface area contributed by atoms with Crippen LogP contribution in [-0.2, 0) is 16.6 Å². The Bertz CT molecular complexity index is 726. The van der Waals surface area contributed by atoms with Gasteiger partial charge in [-0.25, -0.2) is 12.8 Å². The van der Waals surface area contributed by atoms with Crippen molar-refractivity contribution < 1.29 is 12.8 Å². The highest BCUT2D eigenvalue weighted by molar-refractivity contribution is 7.92. The minimum Gasteiger partial charge on any atom is -0.312 e. The van der Waals surface area contributed by atoms with E-state index >= 15 is 0 Å². The van der Waals surface area contributed by atoms with Crippen LogP contribution in [0.3, 0.4) is 0 Å². The van der Waals surface area contributed by atoms with Gasteiger partial charge in [-0.05, 0) is 37.2 Å². The minimum atomic E-state index is -3.69. The van der Waals surface area contributed by atoms with Gasteiger partial charge in [0.1, 0.15) is 5.82 Å². The summed E-state index contributed by atoms with van der Waals surface area (Å²) in [4.78, 5) is 1.14. The molecule has 2 rings (SSSR count). The van der Waals surface area contributed by atoms with Gasteiger partial charge in [0, 0.05) is 16.8 Å². The van der Waals surface area contributed by atoms with E-state index in [1.54, 1.807) is 18.4 Å². The first-order valence-corrected chi connectivity index (χ1v) is 8.86. The third-order valence-electron chi connectivity index (χ3n) is 2.93. The second kappa shape index (κ2) is 6.55. The SMILES string of the molecule is CCNCc1cc(S(=O)(=O)Nc2cc(F)ccc2C)cs1. The summed E-state index contributed by atoms with van der Waals surface area (Å²) in [5.74, 6) is -0.476. The van der Waals surface area contributed by atoms with Crippen molar-refractivity contribution in [3.05, 3.63) is 45.9 Å². The van der Waals surface area contributed by atoms with Crippen LogP contribution in [0.5, 0.6) is 0 Å². The number of halogens is 1. The van der Waals surface area contributed by atoms with Crippen LogP contribution in [0, 0.1) is 12.7 Å². The second-order valence-corrected chi connectivity index (χ2v) is 7.27. The highest BCUT2D eigenvalue weighted by Crippen LogP contribution is 2.24. The van der Waals surface area contributed by atoms with E-state index in [0.717, 1.165) is 11.4 Å². The Labute approximate surface area is 128 Å². The van der Waals surface area contributed by atoms with E-state index in [4.69, 9.17) is 0 Å². The zero-order chi connectivity index (χ0) is 15.5. The quantitative estimate of drug-likeness (QED) is 0.856. The molecule has 0 amide bonds. The van der Waals surface area contributed by atoms with E-state index in [0.29, 0.717) is 12.1 Å². The van der Waals surface area contributed by atoms with Crippen molar-refractivity contribution >= 4 is 27.0 Å². The van der Waals surface area contributed by atoms with Crippen molar-refractivity contribution in [2.24, 2.45) is 0 Å². The van der Waals surface area contributed by atoms with E-state index in [1.807, 2.05) is 6.92 Å². The van der Waals surface area contributed by atoms with Gasteiger partial charge in [0.05, 0.1) is 10.6 Å². The van der Waals surface area contributed by atoms with Crippen LogP contribution < -0.4 is 10.0 Å². The largest absolute Gasteiger partial charge is 0.312 e. The molecule has 0 aliphatic carbocycles.